The standard InChI is InChI=1S/C13H22N2O2.ClH/c1-9-6-7-10(17-9)8-15(5)12(16)11(14)13(2,3)4;/h6-7,11H,8,14H2,1-5H3;1H/t11-;/m1./s1. The van der Waals surface area contributed by atoms with E-state index in [1.165, 1.54) is 0 Å². The number of carbonyl (C=O) groups excluding carboxylic acids is 1. The summed E-state index contributed by atoms with van der Waals surface area (Å²) in [4.78, 5) is 13.7. The van der Waals surface area contributed by atoms with Gasteiger partial charge in [0.25, 0.3) is 0 Å². The molecule has 0 aliphatic heterocycles. The molecule has 0 fully saturated rings. The summed E-state index contributed by atoms with van der Waals surface area (Å²) in [7, 11) is 1.74. The van der Waals surface area contributed by atoms with Gasteiger partial charge in [0.15, 0.2) is 0 Å². The second kappa shape index (κ2) is 6.25. The number of carbonyl (C=O) groups is 1. The van der Waals surface area contributed by atoms with Gasteiger partial charge in [0.1, 0.15) is 11.5 Å². The van der Waals surface area contributed by atoms with Crippen molar-refractivity contribution in [1.29, 1.82) is 0 Å². The molecule has 4 nitrogen and oxygen atoms in total. The minimum absolute atomic E-state index is 0. The van der Waals surface area contributed by atoms with E-state index in [0.717, 1.165) is 11.5 Å². The van der Waals surface area contributed by atoms with Crippen LogP contribution in [0.2, 0.25) is 0 Å². The van der Waals surface area contributed by atoms with Gasteiger partial charge in [0.2, 0.25) is 5.91 Å². The molecule has 0 saturated heterocycles. The molecular weight excluding hydrogens is 252 g/mol. The molecule has 1 aromatic heterocycles. The van der Waals surface area contributed by atoms with E-state index in [0.29, 0.717) is 6.54 Å². The first-order valence-corrected chi connectivity index (χ1v) is 5.77. The number of nitrogens with two attached hydrogens (primary N) is 1. The lowest BCUT2D eigenvalue weighted by Crippen LogP contribution is -2.48. The van der Waals surface area contributed by atoms with Crippen molar-refractivity contribution < 1.29 is 9.21 Å². The fourth-order valence-electron chi connectivity index (χ4n) is 1.49. The van der Waals surface area contributed by atoms with E-state index in [2.05, 4.69) is 0 Å². The maximum atomic E-state index is 12.1. The van der Waals surface area contributed by atoms with Gasteiger partial charge in [-0.15, -0.1) is 12.4 Å². The smallest absolute Gasteiger partial charge is 0.240 e. The molecule has 5 heteroatoms. The average Bonchev–Trinajstić information content (AvgIpc) is 2.60. The summed E-state index contributed by atoms with van der Waals surface area (Å²) in [6.07, 6.45) is 0. The van der Waals surface area contributed by atoms with Crippen LogP contribution in [0.4, 0.5) is 0 Å². The van der Waals surface area contributed by atoms with Crippen molar-refractivity contribution in [3.05, 3.63) is 23.7 Å². The molecule has 0 aromatic carbocycles. The Hall–Kier alpha value is -1.00. The van der Waals surface area contributed by atoms with Crippen molar-refractivity contribution in [2.75, 3.05) is 7.05 Å². The van der Waals surface area contributed by atoms with Gasteiger partial charge in [-0.3, -0.25) is 4.79 Å². The van der Waals surface area contributed by atoms with E-state index < -0.39 is 6.04 Å². The molecule has 1 heterocycles. The SMILES string of the molecule is Cc1ccc(CN(C)C(=O)[C@@H](N)C(C)(C)C)o1.Cl. The number of hydrogen-bond acceptors (Lipinski definition) is 3. The summed E-state index contributed by atoms with van der Waals surface area (Å²) in [6.45, 7) is 8.21. The first-order chi connectivity index (χ1) is 7.71. The summed E-state index contributed by atoms with van der Waals surface area (Å²) in [5.74, 6) is 1.56. The van der Waals surface area contributed by atoms with E-state index >= 15 is 0 Å². The second-order valence-electron chi connectivity index (χ2n) is 5.55. The molecule has 0 spiro atoms. The van der Waals surface area contributed by atoms with Crippen LogP contribution in [-0.2, 0) is 11.3 Å². The van der Waals surface area contributed by atoms with Gasteiger partial charge in [-0.2, -0.15) is 0 Å². The Labute approximate surface area is 115 Å². The third kappa shape index (κ3) is 4.35. The quantitative estimate of drug-likeness (QED) is 0.920. The Balaban J connectivity index is 0.00000289. The molecule has 1 rings (SSSR count). The van der Waals surface area contributed by atoms with E-state index in [1.54, 1.807) is 11.9 Å². The number of nitrogens with zero attached hydrogens (tertiary/aromatic N) is 1. The zero-order valence-corrected chi connectivity index (χ0v) is 12.5. The zero-order chi connectivity index (χ0) is 13.2. The Bertz CT molecular complexity index is 396. The van der Waals surface area contributed by atoms with Gasteiger partial charge in [-0.1, -0.05) is 20.8 Å². The van der Waals surface area contributed by atoms with Gasteiger partial charge in [-0.25, -0.2) is 0 Å². The van der Waals surface area contributed by atoms with Crippen LogP contribution in [0.1, 0.15) is 32.3 Å². The zero-order valence-electron chi connectivity index (χ0n) is 11.7. The highest BCUT2D eigenvalue weighted by atomic mass is 35.5. The van der Waals surface area contributed by atoms with E-state index in [1.807, 2.05) is 39.8 Å². The number of aryl methyl sites for hydroxylation is 1. The van der Waals surface area contributed by atoms with Crippen LogP contribution in [0.5, 0.6) is 0 Å². The molecule has 2 N–H and O–H groups in total. The summed E-state index contributed by atoms with van der Waals surface area (Å²) in [6, 6.07) is 3.27. The molecule has 18 heavy (non-hydrogen) atoms. The predicted molar refractivity (Wildman–Crippen MR) is 74.6 cm³/mol. The number of furan rings is 1. The monoisotopic (exact) mass is 274 g/mol. The van der Waals surface area contributed by atoms with Crippen LogP contribution in [-0.4, -0.2) is 23.9 Å². The van der Waals surface area contributed by atoms with Crippen molar-refractivity contribution in [3.63, 3.8) is 0 Å². The lowest BCUT2D eigenvalue weighted by Gasteiger charge is -2.29. The van der Waals surface area contributed by atoms with Crippen LogP contribution >= 0.6 is 12.4 Å². The Morgan fingerprint density at radius 1 is 1.44 bits per heavy atom. The van der Waals surface area contributed by atoms with Crippen LogP contribution in [0.15, 0.2) is 16.5 Å². The third-order valence-electron chi connectivity index (χ3n) is 2.76. The van der Waals surface area contributed by atoms with Crippen molar-refractivity contribution >= 4 is 18.3 Å². The molecule has 1 amide bonds. The third-order valence-corrected chi connectivity index (χ3v) is 2.76. The van der Waals surface area contributed by atoms with Crippen LogP contribution in [0.25, 0.3) is 0 Å². The molecule has 0 aliphatic rings. The van der Waals surface area contributed by atoms with Crippen LogP contribution in [0.3, 0.4) is 0 Å². The summed E-state index contributed by atoms with van der Waals surface area (Å²) in [5.41, 5.74) is 5.70. The molecule has 1 aromatic rings. The highest BCUT2D eigenvalue weighted by Gasteiger charge is 2.29. The topological polar surface area (TPSA) is 59.5 Å². The lowest BCUT2D eigenvalue weighted by atomic mass is 9.86. The normalized spacial score (nSPS) is 12.8. The Morgan fingerprint density at radius 3 is 2.39 bits per heavy atom. The van der Waals surface area contributed by atoms with Crippen molar-refractivity contribution in [2.45, 2.75) is 40.3 Å². The van der Waals surface area contributed by atoms with Gasteiger partial charge in [0.05, 0.1) is 12.6 Å². The molecule has 1 atom stereocenters. The predicted octanol–water partition coefficient (Wildman–Crippen LogP) is 2.34. The second-order valence-corrected chi connectivity index (χ2v) is 5.55. The number of rotatable bonds is 3. The number of likely N-dealkylation sites (N-methyl/N-ethyl adjacent to an activating group) is 1. The highest BCUT2D eigenvalue weighted by molar-refractivity contribution is 5.85. The molecule has 0 bridgehead atoms. The summed E-state index contributed by atoms with van der Waals surface area (Å²) < 4.78 is 5.43. The van der Waals surface area contributed by atoms with Crippen LogP contribution in [0, 0.1) is 12.3 Å². The molecule has 0 saturated carbocycles. The van der Waals surface area contributed by atoms with E-state index in [9.17, 15) is 4.79 Å². The van der Waals surface area contributed by atoms with Crippen molar-refractivity contribution in [3.8, 4) is 0 Å². The number of hydrogen-bond donors (Lipinski definition) is 1. The first-order valence-electron chi connectivity index (χ1n) is 5.77. The largest absolute Gasteiger partial charge is 0.464 e. The highest BCUT2D eigenvalue weighted by Crippen LogP contribution is 2.19. The molecule has 0 radical (unpaired) electrons. The lowest BCUT2D eigenvalue weighted by molar-refractivity contribution is -0.134. The fraction of sp³-hybridized carbons (Fsp3) is 0.615. The van der Waals surface area contributed by atoms with Gasteiger partial charge in [-0.05, 0) is 24.5 Å². The molecular formula is C13H23ClN2O2. The summed E-state index contributed by atoms with van der Waals surface area (Å²) in [5, 5.41) is 0. The van der Waals surface area contributed by atoms with Crippen molar-refractivity contribution in [1.82, 2.24) is 4.90 Å². The van der Waals surface area contributed by atoms with Crippen molar-refractivity contribution in [2.24, 2.45) is 11.1 Å². The Kier molecular flexibility index (Phi) is 5.90. The van der Waals surface area contributed by atoms with Crippen LogP contribution < -0.4 is 5.73 Å². The maximum Gasteiger partial charge on any atom is 0.240 e. The molecule has 0 aliphatic carbocycles. The van der Waals surface area contributed by atoms with Gasteiger partial charge >= 0.3 is 0 Å². The Morgan fingerprint density at radius 2 is 2.00 bits per heavy atom. The minimum atomic E-state index is -0.497. The average molecular weight is 275 g/mol. The van der Waals surface area contributed by atoms with E-state index in [-0.39, 0.29) is 23.7 Å². The number of amides is 1. The minimum Gasteiger partial charge on any atom is -0.464 e. The number of halogens is 1. The summed E-state index contributed by atoms with van der Waals surface area (Å²) >= 11 is 0. The first kappa shape index (κ1) is 17.0. The van der Waals surface area contributed by atoms with Gasteiger partial charge < -0.3 is 15.1 Å². The molecule has 104 valence electrons. The van der Waals surface area contributed by atoms with Gasteiger partial charge in [0, 0.05) is 7.05 Å². The van der Waals surface area contributed by atoms with E-state index in [4.69, 9.17) is 10.2 Å². The molecule has 0 unspecified atom stereocenters. The maximum absolute atomic E-state index is 12.1. The fourth-order valence-corrected chi connectivity index (χ4v) is 1.49.